The summed E-state index contributed by atoms with van der Waals surface area (Å²) < 4.78 is 87.0. The molecule has 10 nitrogen and oxygen atoms in total. The van der Waals surface area contributed by atoms with Crippen LogP contribution in [0.15, 0.2) is 60.7 Å². The lowest BCUT2D eigenvalue weighted by Crippen LogP contribution is -2.53. The van der Waals surface area contributed by atoms with Gasteiger partial charge in [-0.1, -0.05) is 35.9 Å². The van der Waals surface area contributed by atoms with Crippen LogP contribution in [0.1, 0.15) is 29.2 Å². The number of piperazine rings is 1. The third-order valence-corrected chi connectivity index (χ3v) is 9.42. The highest BCUT2D eigenvalue weighted by molar-refractivity contribution is 6.34. The summed E-state index contributed by atoms with van der Waals surface area (Å²) in [6.07, 6.45) is -7.45. The maximum absolute atomic E-state index is 16.8. The van der Waals surface area contributed by atoms with E-state index in [1.165, 1.54) is 38.2 Å². The van der Waals surface area contributed by atoms with E-state index in [9.17, 15) is 23.1 Å². The smallest absolute Gasteiger partial charge is 0.418 e. The van der Waals surface area contributed by atoms with Gasteiger partial charge < -0.3 is 29.3 Å². The van der Waals surface area contributed by atoms with Gasteiger partial charge in [-0.05, 0) is 66.9 Å². The predicted octanol–water partition coefficient (Wildman–Crippen LogP) is 8.36. The highest BCUT2D eigenvalue weighted by Crippen LogP contribution is 2.45. The Kier molecular flexibility index (Phi) is 10.5. The lowest BCUT2D eigenvalue weighted by Gasteiger charge is -2.39. The molecule has 16 heteroatoms. The number of amides is 1. The van der Waals surface area contributed by atoms with Crippen LogP contribution in [-0.2, 0) is 19.3 Å². The molecule has 0 bridgehead atoms. The van der Waals surface area contributed by atoms with Crippen molar-refractivity contribution in [3.8, 4) is 22.8 Å². The lowest BCUT2D eigenvalue weighted by atomic mass is 9.98. The van der Waals surface area contributed by atoms with Crippen LogP contribution in [0, 0.1) is 18.8 Å². The molecule has 1 unspecified atom stereocenters. The monoisotopic (exact) mass is 756 g/mol. The van der Waals surface area contributed by atoms with Crippen LogP contribution in [0.3, 0.4) is 0 Å². The van der Waals surface area contributed by atoms with Gasteiger partial charge in [-0.2, -0.15) is 27.5 Å². The Hall–Kier alpha value is -5.44. The number of alkyl halides is 3. The molecule has 1 aliphatic rings. The predicted molar refractivity (Wildman–Crippen MR) is 190 cm³/mol. The Bertz CT molecular complexity index is 2110. The number of fused-ring (bicyclic) bond motifs is 1. The van der Waals surface area contributed by atoms with Gasteiger partial charge in [0.05, 0.1) is 36.1 Å². The van der Waals surface area contributed by atoms with Crippen molar-refractivity contribution in [2.45, 2.75) is 39.2 Å². The molecule has 0 spiro atoms. The van der Waals surface area contributed by atoms with Crippen LogP contribution in [-0.4, -0.2) is 70.9 Å². The molecular formula is C37H34ClF5N6O4. The molecule has 1 N–H and O–H groups in total. The summed E-state index contributed by atoms with van der Waals surface area (Å²) in [6.45, 7) is 3.50. The van der Waals surface area contributed by atoms with Crippen LogP contribution in [0.4, 0.5) is 38.4 Å². The summed E-state index contributed by atoms with van der Waals surface area (Å²) in [5.41, 5.74) is -2.01. The lowest BCUT2D eigenvalue weighted by molar-refractivity contribution is -0.137. The van der Waals surface area contributed by atoms with Crippen LogP contribution in [0.25, 0.3) is 22.2 Å². The van der Waals surface area contributed by atoms with E-state index in [0.29, 0.717) is 11.5 Å². The number of carbonyl (C=O) groups is 1. The van der Waals surface area contributed by atoms with E-state index in [1.807, 2.05) is 24.3 Å². The Labute approximate surface area is 306 Å². The van der Waals surface area contributed by atoms with Gasteiger partial charge >= 0.3 is 18.3 Å². The molecule has 5 aromatic rings. The number of anilines is 2. The number of carboxylic acid groups (broad SMARTS) is 1. The quantitative estimate of drug-likeness (QED) is 0.117. The number of ether oxygens (including phenoxy) is 2. The molecule has 0 aliphatic carbocycles. The Balaban J connectivity index is 1.51. The average molecular weight is 757 g/mol. The first-order chi connectivity index (χ1) is 25.2. The average Bonchev–Trinajstić information content (AvgIpc) is 3.11. The van der Waals surface area contributed by atoms with Gasteiger partial charge in [0.1, 0.15) is 28.7 Å². The number of hydrogen-bond donors (Lipinski definition) is 1. The number of methoxy groups -OCH3 is 2. The van der Waals surface area contributed by atoms with Gasteiger partial charge in [-0.15, -0.1) is 0 Å². The zero-order valence-electron chi connectivity index (χ0n) is 29.0. The minimum absolute atomic E-state index is 0.0469. The normalized spacial score (nSPS) is 14.8. The zero-order chi connectivity index (χ0) is 38.2. The van der Waals surface area contributed by atoms with E-state index in [1.54, 1.807) is 41.0 Å². The highest BCUT2D eigenvalue weighted by Gasteiger charge is 2.39. The number of aromatic nitrogens is 3. The zero-order valence-corrected chi connectivity index (χ0v) is 29.8. The van der Waals surface area contributed by atoms with Gasteiger partial charge in [0.2, 0.25) is 0 Å². The van der Waals surface area contributed by atoms with Crippen molar-refractivity contribution >= 4 is 40.2 Å². The fourth-order valence-electron chi connectivity index (χ4n) is 6.51. The highest BCUT2D eigenvalue weighted by atomic mass is 35.5. The van der Waals surface area contributed by atoms with Crippen molar-refractivity contribution in [1.29, 1.82) is 0 Å². The molecule has 0 radical (unpaired) electrons. The Morgan fingerprint density at radius 3 is 2.04 bits per heavy atom. The molecule has 1 aliphatic heterocycles. The Morgan fingerprint density at radius 2 is 1.53 bits per heavy atom. The van der Waals surface area contributed by atoms with E-state index in [0.717, 1.165) is 11.1 Å². The largest absolute Gasteiger partial charge is 0.497 e. The standard InChI is InChI=1S/C37H34ClF5N6O4/c1-20-15-28(48(18-22-5-9-24(52-3)10-6-22)19-23-7-11-25(53-4)12-8-23)44-33(30(20)37(41,42)43)29-27(38)16-26-32(31(29)39)45-35(40)46-34(26)49-14-13-47(36(50)51)17-21(49)2/h5-12,15-16,21H,13-14,17-19H2,1-4H3,(H,50,51). The molecule has 3 heterocycles. The van der Waals surface area contributed by atoms with E-state index in [2.05, 4.69) is 15.0 Å². The molecule has 1 fully saturated rings. The van der Waals surface area contributed by atoms with Crippen molar-refractivity contribution in [2.75, 3.05) is 43.7 Å². The van der Waals surface area contributed by atoms with Crippen molar-refractivity contribution < 1.29 is 41.3 Å². The second-order valence-electron chi connectivity index (χ2n) is 12.6. The fourth-order valence-corrected chi connectivity index (χ4v) is 6.79. The summed E-state index contributed by atoms with van der Waals surface area (Å²) in [7, 11) is 3.06. The number of pyridine rings is 1. The minimum atomic E-state index is -4.99. The summed E-state index contributed by atoms with van der Waals surface area (Å²) in [6, 6.07) is 16.2. The molecule has 1 atom stereocenters. The number of nitrogens with zero attached hydrogens (tertiary/aromatic N) is 6. The number of rotatable bonds is 9. The second kappa shape index (κ2) is 14.9. The third-order valence-electron chi connectivity index (χ3n) is 9.12. The summed E-state index contributed by atoms with van der Waals surface area (Å²) in [5.74, 6) is -0.0757. The van der Waals surface area contributed by atoms with Crippen LogP contribution >= 0.6 is 11.6 Å². The minimum Gasteiger partial charge on any atom is -0.497 e. The van der Waals surface area contributed by atoms with Gasteiger partial charge in [-0.25, -0.2) is 14.2 Å². The molecule has 2 aromatic heterocycles. The fraction of sp³-hybridized carbons (Fsp3) is 0.297. The van der Waals surface area contributed by atoms with Crippen molar-refractivity contribution in [2.24, 2.45) is 0 Å². The SMILES string of the molecule is COc1ccc(CN(Cc2ccc(OC)cc2)c2cc(C)c(C(F)(F)F)c(-c3c(Cl)cc4c(N5CCN(C(=O)O)CC5C)nc(F)nc4c3F)n2)cc1. The van der Waals surface area contributed by atoms with Crippen molar-refractivity contribution in [3.05, 3.63) is 99.8 Å². The molecule has 0 saturated carbocycles. The molecule has 1 amide bonds. The van der Waals surface area contributed by atoms with Crippen molar-refractivity contribution in [3.63, 3.8) is 0 Å². The number of benzene rings is 3. The van der Waals surface area contributed by atoms with E-state index < -0.39 is 57.6 Å². The molecule has 6 rings (SSSR count). The van der Waals surface area contributed by atoms with Gasteiger partial charge in [-0.3, -0.25) is 0 Å². The topological polar surface area (TPSA) is 104 Å². The van der Waals surface area contributed by atoms with E-state index >= 15 is 8.78 Å². The van der Waals surface area contributed by atoms with E-state index in [-0.39, 0.29) is 55.3 Å². The number of hydrogen-bond acceptors (Lipinski definition) is 8. The number of aryl methyl sites for hydroxylation is 1. The molecular weight excluding hydrogens is 723 g/mol. The first kappa shape index (κ1) is 37.3. The van der Waals surface area contributed by atoms with Crippen LogP contribution in [0.5, 0.6) is 11.5 Å². The van der Waals surface area contributed by atoms with Crippen LogP contribution < -0.4 is 19.3 Å². The maximum Gasteiger partial charge on any atom is 0.418 e. The maximum atomic E-state index is 16.8. The molecule has 3 aromatic carbocycles. The summed E-state index contributed by atoms with van der Waals surface area (Å²) >= 11 is 6.68. The second-order valence-corrected chi connectivity index (χ2v) is 13.0. The molecule has 278 valence electrons. The summed E-state index contributed by atoms with van der Waals surface area (Å²) in [4.78, 5) is 28.0. The van der Waals surface area contributed by atoms with Gasteiger partial charge in [0.25, 0.3) is 0 Å². The third kappa shape index (κ3) is 7.70. The summed E-state index contributed by atoms with van der Waals surface area (Å²) in [5, 5.41) is 8.94. The van der Waals surface area contributed by atoms with Crippen LogP contribution in [0.2, 0.25) is 5.02 Å². The molecule has 1 saturated heterocycles. The van der Waals surface area contributed by atoms with E-state index in [4.69, 9.17) is 21.1 Å². The van der Waals surface area contributed by atoms with Gasteiger partial charge in [0.15, 0.2) is 5.82 Å². The first-order valence-electron chi connectivity index (χ1n) is 16.4. The Morgan fingerprint density at radius 1 is 0.943 bits per heavy atom. The first-order valence-corrected chi connectivity index (χ1v) is 16.8. The van der Waals surface area contributed by atoms with Crippen molar-refractivity contribution in [1.82, 2.24) is 19.9 Å². The van der Waals surface area contributed by atoms with Gasteiger partial charge in [0, 0.05) is 44.2 Å². The number of halogens is 6. The molecule has 53 heavy (non-hydrogen) atoms.